The highest BCUT2D eigenvalue weighted by Gasteiger charge is 2.69. The number of halogens is 2. The number of aromatic hydroxyl groups is 1. The Balaban J connectivity index is 1.28. The summed E-state index contributed by atoms with van der Waals surface area (Å²) < 4.78 is 19.2. The molecule has 8 rings (SSSR count). The number of hydrogen-bond donors (Lipinski definition) is 2. The molecule has 4 aromatic rings. The molecule has 0 aromatic heterocycles. The molecule has 4 aromatic carbocycles. The predicted molar refractivity (Wildman–Crippen MR) is 199 cm³/mol. The van der Waals surface area contributed by atoms with Gasteiger partial charge in [0.2, 0.25) is 11.8 Å². The lowest BCUT2D eigenvalue weighted by atomic mass is 9.50. The third-order valence-electron chi connectivity index (χ3n) is 11.3. The number of methoxy groups -OCH3 is 1. The van der Waals surface area contributed by atoms with Gasteiger partial charge in [-0.1, -0.05) is 53.6 Å². The number of non-ortho nitro benzene ring substituents is 1. The van der Waals surface area contributed by atoms with Gasteiger partial charge in [-0.25, -0.2) is 4.39 Å². The number of nitro benzene ring substituents is 1. The van der Waals surface area contributed by atoms with Gasteiger partial charge in [0.1, 0.15) is 5.82 Å². The number of benzene rings is 4. The summed E-state index contributed by atoms with van der Waals surface area (Å²) in [6.07, 6.45) is 5.67. The van der Waals surface area contributed by atoms with E-state index < -0.39 is 69.4 Å². The number of nitro groups is 1. The minimum Gasteiger partial charge on any atom is -0.504 e. The third-order valence-corrected chi connectivity index (χ3v) is 11.6. The Morgan fingerprint density at radius 2 is 1.65 bits per heavy atom. The van der Waals surface area contributed by atoms with Crippen LogP contribution in [0.3, 0.4) is 0 Å². The van der Waals surface area contributed by atoms with E-state index in [1.54, 1.807) is 42.5 Å². The molecule has 2 aliphatic heterocycles. The lowest BCUT2D eigenvalue weighted by molar-refractivity contribution is -0.384. The van der Waals surface area contributed by atoms with E-state index in [9.17, 15) is 34.0 Å². The Morgan fingerprint density at radius 1 is 0.945 bits per heavy atom. The van der Waals surface area contributed by atoms with E-state index in [1.165, 1.54) is 61.7 Å². The smallest absolute Gasteiger partial charge is 0.269 e. The quantitative estimate of drug-likeness (QED) is 0.0849. The summed E-state index contributed by atoms with van der Waals surface area (Å²) >= 11 is 6.34. The second-order valence-corrected chi connectivity index (χ2v) is 14.4. The third kappa shape index (κ3) is 5.65. The molecule has 55 heavy (non-hydrogen) atoms. The zero-order chi connectivity index (χ0) is 38.8. The van der Waals surface area contributed by atoms with Crippen molar-refractivity contribution in [3.63, 3.8) is 0 Å². The van der Waals surface area contributed by atoms with Crippen molar-refractivity contribution >= 4 is 58.4 Å². The van der Waals surface area contributed by atoms with Crippen molar-refractivity contribution in [2.24, 2.45) is 29.6 Å². The maximum atomic E-state index is 15.2. The Bertz CT molecular complexity index is 2330. The van der Waals surface area contributed by atoms with Gasteiger partial charge in [-0.3, -0.25) is 39.6 Å². The molecule has 2 N–H and O–H groups in total. The summed E-state index contributed by atoms with van der Waals surface area (Å²) in [6, 6.07) is 21.9. The molecule has 278 valence electrons. The van der Waals surface area contributed by atoms with Crippen LogP contribution in [-0.4, -0.2) is 45.8 Å². The number of phenols is 1. The van der Waals surface area contributed by atoms with E-state index in [4.69, 9.17) is 16.3 Å². The Hall–Kier alpha value is -6.34. The molecule has 6 atom stereocenters. The summed E-state index contributed by atoms with van der Waals surface area (Å²) in [5.41, 5.74) is 3.46. The van der Waals surface area contributed by atoms with Crippen LogP contribution in [0.1, 0.15) is 24.0 Å². The molecule has 2 heterocycles. The second kappa shape index (κ2) is 13.5. The molecular weight excluding hydrogens is 731 g/mol. The summed E-state index contributed by atoms with van der Waals surface area (Å²) in [4.78, 5) is 70.1. The molecule has 4 aliphatic rings. The van der Waals surface area contributed by atoms with Gasteiger partial charge in [-0.2, -0.15) is 5.01 Å². The van der Waals surface area contributed by atoms with Gasteiger partial charge in [0.05, 0.1) is 46.6 Å². The summed E-state index contributed by atoms with van der Waals surface area (Å²) in [6.45, 7) is 0. The summed E-state index contributed by atoms with van der Waals surface area (Å²) in [5, 5.41) is 23.0. The fourth-order valence-corrected chi connectivity index (χ4v) is 9.01. The van der Waals surface area contributed by atoms with Crippen LogP contribution >= 0.6 is 11.6 Å². The van der Waals surface area contributed by atoms with Gasteiger partial charge in [0.15, 0.2) is 11.5 Å². The molecule has 4 amide bonds. The topological polar surface area (TPSA) is 159 Å². The van der Waals surface area contributed by atoms with Gasteiger partial charge in [-0.05, 0) is 90.6 Å². The number of nitrogens with one attached hydrogen (secondary N) is 1. The average Bonchev–Trinajstić information content (AvgIpc) is 3.56. The minimum atomic E-state index is -1.56. The van der Waals surface area contributed by atoms with E-state index in [0.717, 1.165) is 9.91 Å². The maximum Gasteiger partial charge on any atom is 0.269 e. The predicted octanol–water partition coefficient (Wildman–Crippen LogP) is 6.84. The largest absolute Gasteiger partial charge is 0.504 e. The lowest BCUT2D eigenvalue weighted by Crippen LogP contribution is -2.54. The van der Waals surface area contributed by atoms with Gasteiger partial charge in [0, 0.05) is 23.1 Å². The molecule has 1 saturated carbocycles. The molecule has 6 unspecified atom stereocenters. The molecule has 0 bridgehead atoms. The summed E-state index contributed by atoms with van der Waals surface area (Å²) in [5.74, 6) is -6.66. The van der Waals surface area contributed by atoms with Crippen LogP contribution in [-0.2, 0) is 24.6 Å². The zero-order valence-corrected chi connectivity index (χ0v) is 29.9. The second-order valence-electron chi connectivity index (χ2n) is 14.0. The van der Waals surface area contributed by atoms with Crippen molar-refractivity contribution in [1.29, 1.82) is 0 Å². The van der Waals surface area contributed by atoms with Crippen molar-refractivity contribution in [1.82, 2.24) is 5.01 Å². The number of phenolic OH excluding ortho intramolecular Hbond substituents is 1. The maximum absolute atomic E-state index is 15.2. The van der Waals surface area contributed by atoms with E-state index in [1.807, 2.05) is 12.2 Å². The number of fused-ring (bicyclic) bond motifs is 4. The first kappa shape index (κ1) is 35.7. The number of hydrazine groups is 1. The highest BCUT2D eigenvalue weighted by molar-refractivity contribution is 6.30. The van der Waals surface area contributed by atoms with E-state index in [-0.39, 0.29) is 35.7 Å². The Morgan fingerprint density at radius 3 is 2.33 bits per heavy atom. The number of amides is 4. The number of ether oxygens (including phenoxy) is 1. The molecular formula is C41H32ClFN4O8. The van der Waals surface area contributed by atoms with Crippen molar-refractivity contribution < 1.29 is 38.3 Å². The van der Waals surface area contributed by atoms with Crippen LogP contribution < -0.4 is 15.1 Å². The van der Waals surface area contributed by atoms with Crippen molar-refractivity contribution in [2.75, 3.05) is 17.4 Å². The first-order chi connectivity index (χ1) is 26.4. The number of allylic oxidation sites excluding steroid dienone is 3. The number of carbonyl (C=O) groups excluding carboxylic acids is 4. The number of anilines is 2. The number of carbonyl (C=O) groups is 4. The normalized spacial score (nSPS) is 25.8. The molecule has 0 radical (unpaired) electrons. The SMILES string of the molecule is COc1cc(C=CC2C3=CCC4C(=O)N(c5ccc([N+](=O)[O-])cc5)C(=O)C4C3CC3C(=O)N(Nc4ccc(F)cc4)C(=O)C23c2ccc(Cl)cc2)ccc1O. The lowest BCUT2D eigenvalue weighted by Gasteiger charge is -2.49. The van der Waals surface area contributed by atoms with Crippen LogP contribution in [0.4, 0.5) is 21.5 Å². The Kier molecular flexibility index (Phi) is 8.76. The molecule has 2 aliphatic carbocycles. The highest BCUT2D eigenvalue weighted by atomic mass is 35.5. The van der Waals surface area contributed by atoms with Crippen molar-refractivity contribution in [3.05, 3.63) is 141 Å². The van der Waals surface area contributed by atoms with Gasteiger partial charge in [0.25, 0.3) is 17.5 Å². The molecule has 2 saturated heterocycles. The van der Waals surface area contributed by atoms with Gasteiger partial charge < -0.3 is 9.84 Å². The average molecular weight is 763 g/mol. The van der Waals surface area contributed by atoms with Crippen LogP contribution in [0, 0.1) is 45.5 Å². The minimum absolute atomic E-state index is 0.0340. The molecule has 3 fully saturated rings. The fourth-order valence-electron chi connectivity index (χ4n) is 8.88. The molecule has 14 heteroatoms. The number of hydrogen-bond acceptors (Lipinski definition) is 9. The first-order valence-electron chi connectivity index (χ1n) is 17.5. The number of rotatable bonds is 8. The van der Waals surface area contributed by atoms with Crippen molar-refractivity contribution in [3.8, 4) is 11.5 Å². The monoisotopic (exact) mass is 762 g/mol. The first-order valence-corrected chi connectivity index (χ1v) is 17.9. The van der Waals surface area contributed by atoms with Gasteiger partial charge >= 0.3 is 0 Å². The van der Waals surface area contributed by atoms with Crippen LogP contribution in [0.5, 0.6) is 11.5 Å². The van der Waals surface area contributed by atoms with Gasteiger partial charge in [-0.15, -0.1) is 0 Å². The zero-order valence-electron chi connectivity index (χ0n) is 29.1. The molecule has 12 nitrogen and oxygen atoms in total. The van der Waals surface area contributed by atoms with Crippen LogP contribution in [0.15, 0.2) is 109 Å². The Labute approximate surface area is 318 Å². The fraction of sp³-hybridized carbons (Fsp3) is 0.220. The van der Waals surface area contributed by atoms with Crippen molar-refractivity contribution in [2.45, 2.75) is 18.3 Å². The van der Waals surface area contributed by atoms with E-state index in [2.05, 4.69) is 5.43 Å². The number of imide groups is 2. The van der Waals surface area contributed by atoms with Crippen LogP contribution in [0.2, 0.25) is 5.02 Å². The standard InChI is InChI=1S/C41H32ClFN4O8/c1-55-35-20-22(3-19-34(35)48)2-18-32-29-16-17-30-36(39(51)45(37(30)49)27-12-14-28(15-13-27)47(53)54)31(29)21-33-38(50)46(44-26-10-8-25(43)9-11-26)40(52)41(32,33)23-4-6-24(42)7-5-23/h2-16,18-20,30-33,36,44,48H,17,21H2,1H3. The van der Waals surface area contributed by atoms with Crippen LogP contribution in [0.25, 0.3) is 6.08 Å². The highest BCUT2D eigenvalue weighted by Crippen LogP contribution is 2.61. The van der Waals surface area contributed by atoms with E-state index >= 15 is 4.79 Å². The number of nitrogens with zero attached hydrogens (tertiary/aromatic N) is 3. The summed E-state index contributed by atoms with van der Waals surface area (Å²) in [7, 11) is 1.42. The molecule has 0 spiro atoms. The van der Waals surface area contributed by atoms with E-state index in [0.29, 0.717) is 27.4 Å².